The molecule has 1 heterocycles. The summed E-state index contributed by atoms with van der Waals surface area (Å²) in [5.41, 5.74) is 1.12. The van der Waals surface area contributed by atoms with E-state index in [1.165, 1.54) is 0 Å². The van der Waals surface area contributed by atoms with Gasteiger partial charge in [-0.25, -0.2) is 0 Å². The van der Waals surface area contributed by atoms with Crippen LogP contribution in [0.1, 0.15) is 13.3 Å². The normalized spacial score (nSPS) is 16.2. The monoisotopic (exact) mass is 347 g/mol. The zero-order chi connectivity index (χ0) is 17.2. The van der Waals surface area contributed by atoms with Gasteiger partial charge in [0.1, 0.15) is 0 Å². The van der Waals surface area contributed by atoms with E-state index in [9.17, 15) is 4.79 Å². The molecule has 0 spiro atoms. The average molecular weight is 348 g/mol. The largest absolute Gasteiger partial charge is 0.368 e. The van der Waals surface area contributed by atoms with Crippen molar-refractivity contribution >= 4 is 23.2 Å². The summed E-state index contributed by atoms with van der Waals surface area (Å²) in [5, 5.41) is 3.73. The molecule has 1 amide bonds. The number of nitrogens with one attached hydrogen (secondary N) is 1. The molecule has 1 aromatic rings. The Hall–Kier alpha value is -1.78. The number of allylic oxidation sites excluding steroid dienone is 3. The molecular formula is C19H26ClN3O. The molecule has 4 nitrogen and oxygen atoms in total. The Morgan fingerprint density at radius 1 is 1.21 bits per heavy atom. The number of piperazine rings is 1. The van der Waals surface area contributed by atoms with E-state index in [0.717, 1.165) is 49.9 Å². The van der Waals surface area contributed by atoms with Crippen LogP contribution in [0.3, 0.4) is 0 Å². The fourth-order valence-corrected chi connectivity index (χ4v) is 3.00. The van der Waals surface area contributed by atoms with Crippen LogP contribution in [0.25, 0.3) is 0 Å². The average Bonchev–Trinajstić information content (AvgIpc) is 2.60. The maximum absolute atomic E-state index is 11.5. The van der Waals surface area contributed by atoms with Crippen molar-refractivity contribution in [3.63, 3.8) is 0 Å². The van der Waals surface area contributed by atoms with Crippen LogP contribution in [0.4, 0.5) is 5.69 Å². The Morgan fingerprint density at radius 2 is 1.96 bits per heavy atom. The minimum atomic E-state index is -0.0309. The van der Waals surface area contributed by atoms with Gasteiger partial charge in [-0.2, -0.15) is 0 Å². The van der Waals surface area contributed by atoms with E-state index < -0.39 is 0 Å². The smallest absolute Gasteiger partial charge is 0.243 e. The summed E-state index contributed by atoms with van der Waals surface area (Å²) in [5.74, 6) is -0.0309. The third-order valence-corrected chi connectivity index (χ3v) is 4.39. The van der Waals surface area contributed by atoms with Crippen molar-refractivity contribution in [2.24, 2.45) is 0 Å². The molecule has 0 saturated carbocycles. The van der Waals surface area contributed by atoms with Crippen LogP contribution in [0, 0.1) is 0 Å². The summed E-state index contributed by atoms with van der Waals surface area (Å²) in [6.07, 6.45) is 8.02. The lowest BCUT2D eigenvalue weighted by molar-refractivity contribution is -0.116. The number of hydrogen-bond donors (Lipinski definition) is 1. The van der Waals surface area contributed by atoms with E-state index in [1.807, 2.05) is 37.3 Å². The molecule has 130 valence electrons. The number of carbonyl (C=O) groups is 1. The highest BCUT2D eigenvalue weighted by atomic mass is 35.5. The van der Waals surface area contributed by atoms with Gasteiger partial charge in [0.2, 0.25) is 5.91 Å². The lowest BCUT2D eigenvalue weighted by Gasteiger charge is -2.36. The number of nitrogens with zero attached hydrogens (tertiary/aromatic N) is 2. The van der Waals surface area contributed by atoms with E-state index in [1.54, 1.807) is 12.2 Å². The van der Waals surface area contributed by atoms with Crippen LogP contribution < -0.4 is 10.2 Å². The van der Waals surface area contributed by atoms with E-state index in [-0.39, 0.29) is 5.91 Å². The summed E-state index contributed by atoms with van der Waals surface area (Å²) in [7, 11) is 0. The van der Waals surface area contributed by atoms with E-state index in [2.05, 4.69) is 21.2 Å². The fourth-order valence-electron chi connectivity index (χ4n) is 2.75. The number of halogens is 1. The molecule has 0 unspecified atom stereocenters. The first-order valence-electron chi connectivity index (χ1n) is 8.49. The number of anilines is 1. The Morgan fingerprint density at radius 3 is 2.67 bits per heavy atom. The van der Waals surface area contributed by atoms with Gasteiger partial charge in [-0.1, -0.05) is 42.0 Å². The standard InChI is InChI=1S/C19H26ClN3O/c1-2-3-4-10-19(24)21-11-7-12-22-13-15-23(16-14-22)18-9-6-5-8-17(18)20/h2-6,8-10H,7,11-16H2,1H3,(H,21,24)/b3-2+,10-4-. The van der Waals surface area contributed by atoms with Gasteiger partial charge in [0.15, 0.2) is 0 Å². The highest BCUT2D eigenvalue weighted by Crippen LogP contribution is 2.25. The molecule has 0 aliphatic carbocycles. The zero-order valence-electron chi connectivity index (χ0n) is 14.2. The number of benzene rings is 1. The molecule has 1 N–H and O–H groups in total. The van der Waals surface area contributed by atoms with Gasteiger partial charge in [0.05, 0.1) is 10.7 Å². The molecule has 0 radical (unpaired) electrons. The lowest BCUT2D eigenvalue weighted by Crippen LogP contribution is -2.47. The van der Waals surface area contributed by atoms with E-state index in [0.29, 0.717) is 6.54 Å². The highest BCUT2D eigenvalue weighted by molar-refractivity contribution is 6.33. The Kier molecular flexibility index (Phi) is 7.86. The van der Waals surface area contributed by atoms with Gasteiger partial charge in [0, 0.05) is 38.8 Å². The van der Waals surface area contributed by atoms with Crippen LogP contribution in [0.15, 0.2) is 48.6 Å². The zero-order valence-corrected chi connectivity index (χ0v) is 15.0. The Bertz CT molecular complexity index is 578. The molecule has 0 bridgehead atoms. The second kappa shape index (κ2) is 10.2. The molecular weight excluding hydrogens is 322 g/mol. The molecule has 1 aliphatic rings. The predicted molar refractivity (Wildman–Crippen MR) is 102 cm³/mol. The third-order valence-electron chi connectivity index (χ3n) is 4.07. The molecule has 1 aliphatic heterocycles. The second-order valence-electron chi connectivity index (χ2n) is 5.81. The van der Waals surface area contributed by atoms with Crippen molar-refractivity contribution in [1.29, 1.82) is 0 Å². The van der Waals surface area contributed by atoms with E-state index >= 15 is 0 Å². The van der Waals surface area contributed by atoms with Crippen molar-refractivity contribution in [2.45, 2.75) is 13.3 Å². The van der Waals surface area contributed by atoms with Crippen LogP contribution in [0.2, 0.25) is 5.02 Å². The van der Waals surface area contributed by atoms with Gasteiger partial charge < -0.3 is 10.2 Å². The van der Waals surface area contributed by atoms with Crippen molar-refractivity contribution < 1.29 is 4.79 Å². The predicted octanol–water partition coefficient (Wildman–Crippen LogP) is 3.10. The highest BCUT2D eigenvalue weighted by Gasteiger charge is 2.18. The number of carbonyl (C=O) groups excluding carboxylic acids is 1. The summed E-state index contributed by atoms with van der Waals surface area (Å²) in [6.45, 7) is 7.68. The topological polar surface area (TPSA) is 35.6 Å². The number of rotatable bonds is 7. The first-order valence-corrected chi connectivity index (χ1v) is 8.87. The minimum absolute atomic E-state index is 0.0309. The summed E-state index contributed by atoms with van der Waals surface area (Å²) < 4.78 is 0. The second-order valence-corrected chi connectivity index (χ2v) is 6.22. The van der Waals surface area contributed by atoms with Gasteiger partial charge >= 0.3 is 0 Å². The summed E-state index contributed by atoms with van der Waals surface area (Å²) in [4.78, 5) is 16.3. The van der Waals surface area contributed by atoms with Crippen LogP contribution in [-0.4, -0.2) is 50.1 Å². The van der Waals surface area contributed by atoms with Crippen molar-refractivity contribution in [2.75, 3.05) is 44.2 Å². The SMILES string of the molecule is C/C=C/C=C\C(=O)NCCCN1CCN(c2ccccc2Cl)CC1. The van der Waals surface area contributed by atoms with Gasteiger partial charge in [-0.05, 0) is 32.0 Å². The first kappa shape index (κ1) is 18.6. The molecule has 24 heavy (non-hydrogen) atoms. The van der Waals surface area contributed by atoms with Gasteiger partial charge in [-0.15, -0.1) is 0 Å². The number of hydrogen-bond acceptors (Lipinski definition) is 3. The van der Waals surface area contributed by atoms with Crippen LogP contribution >= 0.6 is 11.6 Å². The number of para-hydroxylation sites is 1. The van der Waals surface area contributed by atoms with Crippen molar-refractivity contribution in [3.05, 3.63) is 53.6 Å². The fraction of sp³-hybridized carbons (Fsp3) is 0.421. The van der Waals surface area contributed by atoms with Crippen LogP contribution in [0.5, 0.6) is 0 Å². The molecule has 0 aromatic heterocycles. The molecule has 1 aromatic carbocycles. The van der Waals surface area contributed by atoms with Gasteiger partial charge in [-0.3, -0.25) is 9.69 Å². The Balaban J connectivity index is 1.63. The van der Waals surface area contributed by atoms with Crippen LogP contribution in [-0.2, 0) is 4.79 Å². The molecule has 0 atom stereocenters. The maximum Gasteiger partial charge on any atom is 0.243 e. The third kappa shape index (κ3) is 6.02. The van der Waals surface area contributed by atoms with E-state index in [4.69, 9.17) is 11.6 Å². The molecule has 5 heteroatoms. The number of amides is 1. The van der Waals surface area contributed by atoms with Crippen molar-refractivity contribution in [3.8, 4) is 0 Å². The minimum Gasteiger partial charge on any atom is -0.368 e. The molecule has 2 rings (SSSR count). The van der Waals surface area contributed by atoms with Crippen molar-refractivity contribution in [1.82, 2.24) is 10.2 Å². The quantitative estimate of drug-likeness (QED) is 0.467. The summed E-state index contributed by atoms with van der Waals surface area (Å²) in [6, 6.07) is 8.01. The molecule has 1 fully saturated rings. The Labute approximate surface area is 149 Å². The first-order chi connectivity index (χ1) is 11.7. The lowest BCUT2D eigenvalue weighted by atomic mass is 10.2. The van der Waals surface area contributed by atoms with Gasteiger partial charge in [0.25, 0.3) is 0 Å². The molecule has 1 saturated heterocycles. The maximum atomic E-state index is 11.5. The summed E-state index contributed by atoms with van der Waals surface area (Å²) >= 11 is 6.27.